The van der Waals surface area contributed by atoms with Crippen molar-refractivity contribution in [1.29, 1.82) is 0 Å². The molecular formula is C11H18BrN. The van der Waals surface area contributed by atoms with Crippen molar-refractivity contribution < 1.29 is 0 Å². The summed E-state index contributed by atoms with van der Waals surface area (Å²) in [5, 5.41) is 0.953. The summed E-state index contributed by atoms with van der Waals surface area (Å²) in [6.45, 7) is 2.10. The first-order valence-corrected chi connectivity index (χ1v) is 5.41. The van der Waals surface area contributed by atoms with Crippen molar-refractivity contribution in [3.8, 4) is 0 Å². The lowest BCUT2D eigenvalue weighted by Crippen LogP contribution is -1.99. The summed E-state index contributed by atoms with van der Waals surface area (Å²) < 4.78 is 0. The maximum absolute atomic E-state index is 3.39. The van der Waals surface area contributed by atoms with Crippen molar-refractivity contribution in [2.75, 3.05) is 21.1 Å². The molecule has 0 aliphatic heterocycles. The van der Waals surface area contributed by atoms with Gasteiger partial charge in [0.1, 0.15) is 0 Å². The van der Waals surface area contributed by atoms with E-state index in [2.05, 4.69) is 47.1 Å². The van der Waals surface area contributed by atoms with E-state index in [-0.39, 0.29) is 0 Å². The second-order valence-corrected chi connectivity index (χ2v) is 4.03. The molecule has 13 heavy (non-hydrogen) atoms. The lowest BCUT2D eigenvalue weighted by Gasteiger charge is -1.94. The summed E-state index contributed by atoms with van der Waals surface area (Å²) in [5.74, 6) is 0. The molecular weight excluding hydrogens is 226 g/mol. The Bertz CT molecular complexity index is 231. The van der Waals surface area contributed by atoms with Crippen LogP contribution in [0.3, 0.4) is 0 Å². The number of benzene rings is 1. The van der Waals surface area contributed by atoms with Gasteiger partial charge >= 0.3 is 0 Å². The molecule has 74 valence electrons. The van der Waals surface area contributed by atoms with Crippen molar-refractivity contribution in [3.63, 3.8) is 0 Å². The van der Waals surface area contributed by atoms with Crippen LogP contribution in [0.1, 0.15) is 11.1 Å². The van der Waals surface area contributed by atoms with Crippen LogP contribution in [0.2, 0.25) is 0 Å². The van der Waals surface area contributed by atoms with Gasteiger partial charge in [0.05, 0.1) is 0 Å². The molecule has 0 aliphatic carbocycles. The largest absolute Gasteiger partial charge is 0.312 e. The highest BCUT2D eigenvalue weighted by molar-refractivity contribution is 9.08. The third-order valence-corrected chi connectivity index (χ3v) is 1.88. The summed E-state index contributed by atoms with van der Waals surface area (Å²) in [6, 6.07) is 8.47. The zero-order valence-electron chi connectivity index (χ0n) is 8.84. The fourth-order valence-electron chi connectivity index (χ4n) is 0.795. The van der Waals surface area contributed by atoms with Crippen LogP contribution in [0.5, 0.6) is 0 Å². The van der Waals surface area contributed by atoms with Crippen molar-refractivity contribution in [3.05, 3.63) is 35.4 Å². The van der Waals surface area contributed by atoms with Crippen molar-refractivity contribution >= 4 is 15.9 Å². The number of aryl methyl sites for hydroxylation is 1. The zero-order chi connectivity index (χ0) is 10.3. The summed E-state index contributed by atoms with van der Waals surface area (Å²) in [6.07, 6.45) is 0. The van der Waals surface area contributed by atoms with Crippen LogP contribution in [-0.4, -0.2) is 26.0 Å². The molecule has 0 saturated carbocycles. The zero-order valence-corrected chi connectivity index (χ0v) is 10.4. The van der Waals surface area contributed by atoms with Gasteiger partial charge in [0, 0.05) is 5.33 Å². The number of rotatable bonds is 1. The third kappa shape index (κ3) is 8.00. The van der Waals surface area contributed by atoms with Crippen LogP contribution in [0.25, 0.3) is 0 Å². The molecule has 1 aromatic carbocycles. The Kier molecular flexibility index (Phi) is 6.92. The fraction of sp³-hybridized carbons (Fsp3) is 0.455. The predicted octanol–water partition coefficient (Wildman–Crippen LogP) is 3.07. The third-order valence-electron chi connectivity index (χ3n) is 1.24. The average Bonchev–Trinajstić information content (AvgIpc) is 2.03. The molecule has 0 spiro atoms. The highest BCUT2D eigenvalue weighted by Gasteiger charge is 1.86. The second-order valence-electron chi connectivity index (χ2n) is 3.46. The van der Waals surface area contributed by atoms with Crippen molar-refractivity contribution in [1.82, 2.24) is 4.90 Å². The van der Waals surface area contributed by atoms with Crippen molar-refractivity contribution in [2.45, 2.75) is 12.3 Å². The van der Waals surface area contributed by atoms with E-state index in [1.807, 2.05) is 26.0 Å². The summed E-state index contributed by atoms with van der Waals surface area (Å²) >= 11 is 3.39. The highest BCUT2D eigenvalue weighted by Crippen LogP contribution is 2.06. The first-order valence-electron chi connectivity index (χ1n) is 4.28. The van der Waals surface area contributed by atoms with Crippen LogP contribution in [0.4, 0.5) is 0 Å². The molecule has 1 nitrogen and oxygen atoms in total. The summed E-state index contributed by atoms with van der Waals surface area (Å²) in [5.41, 5.74) is 2.67. The molecule has 0 unspecified atom stereocenters. The van der Waals surface area contributed by atoms with E-state index in [0.29, 0.717) is 0 Å². The van der Waals surface area contributed by atoms with Gasteiger partial charge in [0.2, 0.25) is 0 Å². The number of hydrogen-bond donors (Lipinski definition) is 0. The van der Waals surface area contributed by atoms with Crippen LogP contribution < -0.4 is 0 Å². The van der Waals surface area contributed by atoms with Gasteiger partial charge in [0.15, 0.2) is 0 Å². The smallest absolute Gasteiger partial charge is 0.0283 e. The van der Waals surface area contributed by atoms with Gasteiger partial charge in [-0.05, 0) is 33.6 Å². The van der Waals surface area contributed by atoms with E-state index in [1.165, 1.54) is 11.1 Å². The van der Waals surface area contributed by atoms with E-state index in [9.17, 15) is 0 Å². The minimum atomic E-state index is 0.953. The molecule has 0 saturated heterocycles. The molecule has 0 N–H and O–H groups in total. The molecule has 0 heterocycles. The Morgan fingerprint density at radius 3 is 2.08 bits per heavy atom. The molecule has 0 atom stereocenters. The van der Waals surface area contributed by atoms with E-state index in [4.69, 9.17) is 0 Å². The first kappa shape index (κ1) is 12.7. The van der Waals surface area contributed by atoms with Gasteiger partial charge in [-0.15, -0.1) is 0 Å². The lowest BCUT2D eigenvalue weighted by molar-refractivity contribution is 0.505. The monoisotopic (exact) mass is 243 g/mol. The number of hydrogen-bond acceptors (Lipinski definition) is 1. The SMILES string of the molecule is CN(C)C.Cc1cccc(CBr)c1. The van der Waals surface area contributed by atoms with Gasteiger partial charge in [-0.3, -0.25) is 0 Å². The molecule has 0 fully saturated rings. The van der Waals surface area contributed by atoms with Gasteiger partial charge in [0.25, 0.3) is 0 Å². The topological polar surface area (TPSA) is 3.24 Å². The van der Waals surface area contributed by atoms with Crippen LogP contribution >= 0.6 is 15.9 Å². The van der Waals surface area contributed by atoms with E-state index >= 15 is 0 Å². The Labute approximate surface area is 89.9 Å². The van der Waals surface area contributed by atoms with Gasteiger partial charge < -0.3 is 4.90 Å². The van der Waals surface area contributed by atoms with Gasteiger partial charge in [-0.25, -0.2) is 0 Å². The molecule has 0 amide bonds. The quantitative estimate of drug-likeness (QED) is 0.686. The summed E-state index contributed by atoms with van der Waals surface area (Å²) in [7, 11) is 6.00. The minimum Gasteiger partial charge on any atom is -0.312 e. The standard InChI is InChI=1S/C8H9Br.C3H9N/c1-7-3-2-4-8(5-7)6-9;1-4(2)3/h2-5H,6H2,1H3;1-3H3. The number of halogens is 1. The second kappa shape index (κ2) is 7.10. The van der Waals surface area contributed by atoms with Gasteiger partial charge in [-0.2, -0.15) is 0 Å². The maximum Gasteiger partial charge on any atom is 0.0283 e. The Hall–Kier alpha value is -0.340. The van der Waals surface area contributed by atoms with Gasteiger partial charge in [-0.1, -0.05) is 45.8 Å². The molecule has 0 radical (unpaired) electrons. The van der Waals surface area contributed by atoms with E-state index in [0.717, 1.165) is 5.33 Å². The Balaban J connectivity index is 0.000000310. The molecule has 2 heteroatoms. The molecule has 0 aliphatic rings. The van der Waals surface area contributed by atoms with E-state index in [1.54, 1.807) is 0 Å². The number of alkyl halides is 1. The molecule has 1 aromatic rings. The number of nitrogens with zero attached hydrogens (tertiary/aromatic N) is 1. The average molecular weight is 244 g/mol. The molecule has 0 aromatic heterocycles. The predicted molar refractivity (Wildman–Crippen MR) is 63.4 cm³/mol. The van der Waals surface area contributed by atoms with Crippen LogP contribution in [0.15, 0.2) is 24.3 Å². The minimum absolute atomic E-state index is 0.953. The fourth-order valence-corrected chi connectivity index (χ4v) is 1.14. The Morgan fingerprint density at radius 2 is 1.77 bits per heavy atom. The Morgan fingerprint density at radius 1 is 1.23 bits per heavy atom. The molecule has 1 rings (SSSR count). The maximum atomic E-state index is 3.39. The van der Waals surface area contributed by atoms with E-state index < -0.39 is 0 Å². The molecule has 0 bridgehead atoms. The van der Waals surface area contributed by atoms with Crippen molar-refractivity contribution in [2.24, 2.45) is 0 Å². The normalized spacial score (nSPS) is 9.38. The van der Waals surface area contributed by atoms with Crippen LogP contribution in [-0.2, 0) is 5.33 Å². The highest BCUT2D eigenvalue weighted by atomic mass is 79.9. The van der Waals surface area contributed by atoms with Crippen LogP contribution in [0, 0.1) is 6.92 Å². The lowest BCUT2D eigenvalue weighted by atomic mass is 10.2. The first-order chi connectivity index (χ1) is 6.06. The summed E-state index contributed by atoms with van der Waals surface area (Å²) in [4.78, 5) is 2.00.